The Kier molecular flexibility index (Phi) is 10.3. The highest BCUT2D eigenvalue weighted by molar-refractivity contribution is 6.05. The fraction of sp³-hybridized carbons (Fsp3) is 0.238. The summed E-state index contributed by atoms with van der Waals surface area (Å²) in [5, 5.41) is 9.65. The van der Waals surface area contributed by atoms with Crippen LogP contribution in [0.5, 0.6) is 28.7 Å². The van der Waals surface area contributed by atoms with E-state index in [1.807, 2.05) is 61.7 Å². The van der Waals surface area contributed by atoms with Crippen LogP contribution in [0.3, 0.4) is 0 Å². The third-order valence-electron chi connectivity index (χ3n) is 9.64. The number of hydrogen-bond donors (Lipinski definition) is 2. The van der Waals surface area contributed by atoms with Crippen molar-refractivity contribution in [3.05, 3.63) is 107 Å². The largest absolute Gasteiger partial charge is 0.508 e. The number of benzene rings is 4. The molecule has 54 heavy (non-hydrogen) atoms. The molecule has 0 aromatic heterocycles. The lowest BCUT2D eigenvalue weighted by atomic mass is 10.0. The first-order chi connectivity index (χ1) is 26.2. The number of aliphatic imine (C=N–C) groups is 2. The number of aryl methyl sites for hydroxylation is 1. The Labute approximate surface area is 313 Å². The van der Waals surface area contributed by atoms with Gasteiger partial charge >= 0.3 is 0 Å². The predicted octanol–water partition coefficient (Wildman–Crippen LogP) is 7.09. The molecule has 3 heterocycles. The Morgan fingerprint density at radius 3 is 2.20 bits per heavy atom. The molecule has 12 heteroatoms. The molecular weight excluding hydrogens is 686 g/mol. The zero-order chi connectivity index (χ0) is 37.8. The molecule has 276 valence electrons. The molecule has 0 spiro atoms. The monoisotopic (exact) mass is 727 g/mol. The van der Waals surface area contributed by atoms with Crippen molar-refractivity contribution in [2.24, 2.45) is 9.98 Å². The van der Waals surface area contributed by atoms with Gasteiger partial charge < -0.3 is 39.6 Å². The number of hydrogen-bond acceptors (Lipinski definition) is 10. The maximum absolute atomic E-state index is 13.7. The van der Waals surface area contributed by atoms with E-state index in [0.29, 0.717) is 78.1 Å². The van der Waals surface area contributed by atoms with Crippen LogP contribution < -0.4 is 24.7 Å². The fourth-order valence-electron chi connectivity index (χ4n) is 6.69. The average Bonchev–Trinajstić information content (AvgIpc) is 3.78. The maximum Gasteiger partial charge on any atom is 0.260 e. The van der Waals surface area contributed by atoms with E-state index in [1.54, 1.807) is 59.8 Å². The summed E-state index contributed by atoms with van der Waals surface area (Å²) in [6.07, 6.45) is 9.82. The summed E-state index contributed by atoms with van der Waals surface area (Å²) in [6.45, 7) is 2.57. The van der Waals surface area contributed by atoms with Gasteiger partial charge in [-0.05, 0) is 71.2 Å². The summed E-state index contributed by atoms with van der Waals surface area (Å²) in [5.74, 6) is 2.04. The second-order valence-electron chi connectivity index (χ2n) is 13.2. The van der Waals surface area contributed by atoms with Gasteiger partial charge in [-0.2, -0.15) is 0 Å². The van der Waals surface area contributed by atoms with Crippen molar-refractivity contribution in [3.63, 3.8) is 0 Å². The molecule has 0 aliphatic carbocycles. The van der Waals surface area contributed by atoms with Crippen LogP contribution in [-0.4, -0.2) is 79.2 Å². The van der Waals surface area contributed by atoms with E-state index in [9.17, 15) is 14.7 Å². The lowest BCUT2D eigenvalue weighted by molar-refractivity contribution is -0.116. The summed E-state index contributed by atoms with van der Waals surface area (Å²) in [6, 6.07) is 21.2. The first-order valence-corrected chi connectivity index (χ1v) is 17.6. The predicted molar refractivity (Wildman–Crippen MR) is 208 cm³/mol. The molecule has 0 bridgehead atoms. The maximum atomic E-state index is 13.7. The normalized spacial score (nSPS) is 17.5. The van der Waals surface area contributed by atoms with Crippen molar-refractivity contribution in [2.45, 2.75) is 38.3 Å². The van der Waals surface area contributed by atoms with Gasteiger partial charge in [0.05, 0.1) is 56.5 Å². The van der Waals surface area contributed by atoms with Gasteiger partial charge in [0, 0.05) is 61.9 Å². The van der Waals surface area contributed by atoms with Gasteiger partial charge in [0.1, 0.15) is 5.75 Å². The van der Waals surface area contributed by atoms with Crippen LogP contribution in [0.15, 0.2) is 95.2 Å². The summed E-state index contributed by atoms with van der Waals surface area (Å²) in [5.41, 5.74) is 13.0. The van der Waals surface area contributed by atoms with Crippen LogP contribution >= 0.6 is 0 Å². The van der Waals surface area contributed by atoms with Crippen molar-refractivity contribution in [1.29, 1.82) is 0 Å². The second kappa shape index (κ2) is 15.6. The van der Waals surface area contributed by atoms with Gasteiger partial charge in [0.15, 0.2) is 23.0 Å². The number of nitrogen functional groups attached to an aromatic ring is 1. The SMILES string of the molecule is COc1cc(C)c(N=CC2CC(c3ccc(O)cc3)=CN2C=O)cc1OCCCOc1cc2c(cc1OC)C(=O)N1C=C(c3ccc(N)cc3)CC1C=N2. The first-order valence-electron chi connectivity index (χ1n) is 17.6. The number of nitrogens with zero attached hydrogens (tertiary/aromatic N) is 4. The van der Waals surface area contributed by atoms with Crippen LogP contribution in [0.25, 0.3) is 11.1 Å². The van der Waals surface area contributed by atoms with Crippen LogP contribution in [0.1, 0.15) is 46.3 Å². The van der Waals surface area contributed by atoms with E-state index in [2.05, 4.69) is 4.99 Å². The van der Waals surface area contributed by atoms with Crippen molar-refractivity contribution in [3.8, 4) is 28.7 Å². The van der Waals surface area contributed by atoms with Gasteiger partial charge in [-0.25, -0.2) is 0 Å². The molecular formula is C42H41N5O7. The molecule has 2 amide bonds. The zero-order valence-corrected chi connectivity index (χ0v) is 30.3. The standard InChI is InChI=1S/C42H41N5O7/c1-26-15-38(51-2)40(19-36(26)44-21-32-16-29(23-46(32)25-48)28-7-11-34(49)12-8-28)53-13-4-14-54-41-20-37-35(18-39(41)52-3)42(50)47-24-30(17-33(47)22-45-37)27-5-9-31(43)10-6-27/h5-12,15,18-25,32-33,49H,4,13-14,16-17,43H2,1-3H3. The average molecular weight is 728 g/mol. The van der Waals surface area contributed by atoms with Crippen LogP contribution in [0, 0.1) is 6.92 Å². The van der Waals surface area contributed by atoms with Crippen molar-refractivity contribution < 1.29 is 33.6 Å². The third kappa shape index (κ3) is 7.49. The summed E-state index contributed by atoms with van der Waals surface area (Å²) < 4.78 is 23.5. The summed E-state index contributed by atoms with van der Waals surface area (Å²) in [7, 11) is 3.12. The Morgan fingerprint density at radius 2 is 1.52 bits per heavy atom. The Bertz CT molecular complexity index is 2180. The van der Waals surface area contributed by atoms with Gasteiger partial charge in [0.2, 0.25) is 6.41 Å². The van der Waals surface area contributed by atoms with Gasteiger partial charge in [-0.1, -0.05) is 24.3 Å². The second-order valence-corrected chi connectivity index (χ2v) is 13.2. The lowest BCUT2D eigenvalue weighted by Gasteiger charge is -2.19. The first kappa shape index (κ1) is 35.8. The molecule has 12 nitrogen and oxygen atoms in total. The van der Waals surface area contributed by atoms with Crippen LogP contribution in [0.2, 0.25) is 0 Å². The Hall–Kier alpha value is -6.56. The highest BCUT2D eigenvalue weighted by Gasteiger charge is 2.33. The molecule has 3 aliphatic rings. The number of anilines is 1. The molecule has 0 radical (unpaired) electrons. The minimum absolute atomic E-state index is 0.160. The lowest BCUT2D eigenvalue weighted by Crippen LogP contribution is -2.32. The minimum Gasteiger partial charge on any atom is -0.508 e. The van der Waals surface area contributed by atoms with Crippen molar-refractivity contribution in [1.82, 2.24) is 9.80 Å². The molecule has 7 rings (SSSR count). The quantitative estimate of drug-likeness (QED) is 0.0642. The summed E-state index contributed by atoms with van der Waals surface area (Å²) >= 11 is 0. The number of fused-ring (bicyclic) bond motifs is 2. The number of phenolic OH excluding ortho intramolecular Hbond substituents is 1. The molecule has 2 atom stereocenters. The van der Waals surface area contributed by atoms with Gasteiger partial charge in [-0.15, -0.1) is 0 Å². The molecule has 0 saturated heterocycles. The molecule has 3 N–H and O–H groups in total. The summed E-state index contributed by atoms with van der Waals surface area (Å²) in [4.78, 5) is 38.3. The van der Waals surface area contributed by atoms with Gasteiger partial charge in [0.25, 0.3) is 5.91 Å². The van der Waals surface area contributed by atoms with E-state index >= 15 is 0 Å². The highest BCUT2D eigenvalue weighted by Crippen LogP contribution is 2.40. The van der Waals surface area contributed by atoms with Crippen LogP contribution in [-0.2, 0) is 4.79 Å². The van der Waals surface area contributed by atoms with Crippen LogP contribution in [0.4, 0.5) is 17.1 Å². The molecule has 4 aromatic carbocycles. The number of phenols is 1. The molecule has 3 aliphatic heterocycles. The third-order valence-corrected chi connectivity index (χ3v) is 9.64. The number of carbonyl (C=O) groups is 2. The van der Waals surface area contributed by atoms with E-state index in [0.717, 1.165) is 34.2 Å². The fourth-order valence-corrected chi connectivity index (χ4v) is 6.69. The van der Waals surface area contributed by atoms with E-state index in [-0.39, 0.29) is 23.7 Å². The minimum atomic E-state index is -0.259. The zero-order valence-electron chi connectivity index (χ0n) is 30.3. The topological polar surface area (TPSA) is 149 Å². The molecule has 2 unspecified atom stereocenters. The van der Waals surface area contributed by atoms with E-state index in [4.69, 9.17) is 29.7 Å². The number of amides is 2. The number of ether oxygens (including phenoxy) is 4. The number of rotatable bonds is 13. The smallest absolute Gasteiger partial charge is 0.260 e. The molecule has 0 saturated carbocycles. The van der Waals surface area contributed by atoms with E-state index < -0.39 is 0 Å². The van der Waals surface area contributed by atoms with Gasteiger partial charge in [-0.3, -0.25) is 19.6 Å². The number of aromatic hydroxyl groups is 1. The molecule has 0 fully saturated rings. The van der Waals surface area contributed by atoms with Crippen molar-refractivity contribution in [2.75, 3.05) is 33.2 Å². The number of methoxy groups -OCH3 is 2. The Morgan fingerprint density at radius 1 is 0.870 bits per heavy atom. The highest BCUT2D eigenvalue weighted by atomic mass is 16.5. The van der Waals surface area contributed by atoms with E-state index in [1.165, 1.54) is 7.11 Å². The number of carbonyl (C=O) groups excluding carboxylic acids is 2. The number of nitrogens with two attached hydrogens (primary N) is 1. The molecule has 4 aromatic rings. The van der Waals surface area contributed by atoms with Crippen molar-refractivity contribution >= 4 is 53.0 Å². The Balaban J connectivity index is 0.974.